The van der Waals surface area contributed by atoms with E-state index >= 15 is 0 Å². The number of hydrogen-bond donors (Lipinski definition) is 2. The summed E-state index contributed by atoms with van der Waals surface area (Å²) in [5.74, 6) is 1.26. The van der Waals surface area contributed by atoms with E-state index in [1.165, 1.54) is 0 Å². The van der Waals surface area contributed by atoms with Gasteiger partial charge in [-0.05, 0) is 18.3 Å². The lowest BCUT2D eigenvalue weighted by atomic mass is 10.2. The van der Waals surface area contributed by atoms with Crippen LogP contribution < -0.4 is 5.32 Å². The smallest absolute Gasteiger partial charge is 0.154 e. The minimum Gasteiger partial charge on any atom is -0.395 e. The molecule has 2 rings (SSSR count). The molecule has 4 nitrogen and oxygen atoms in total. The molecule has 1 saturated heterocycles. The monoisotopic (exact) mass is 205 g/mol. The van der Waals surface area contributed by atoms with E-state index in [-0.39, 0.29) is 11.9 Å². The van der Waals surface area contributed by atoms with Crippen molar-refractivity contribution in [1.29, 1.82) is 0 Å². The Morgan fingerprint density at radius 3 is 2.77 bits per heavy atom. The number of rotatable bonds is 4. The zero-order valence-electron chi connectivity index (χ0n) is 7.44. The van der Waals surface area contributed by atoms with Crippen LogP contribution in [0.4, 0.5) is 0 Å². The molecule has 0 aromatic rings. The number of aliphatic hydroxyl groups is 1. The maximum atomic E-state index is 11.5. The summed E-state index contributed by atoms with van der Waals surface area (Å²) < 4.78 is 23.0. The fourth-order valence-electron chi connectivity index (χ4n) is 2.21. The van der Waals surface area contributed by atoms with E-state index in [0.29, 0.717) is 30.7 Å². The summed E-state index contributed by atoms with van der Waals surface area (Å²) in [5, 5.41) is 11.3. The Balaban J connectivity index is 1.90. The second kappa shape index (κ2) is 3.22. The highest BCUT2D eigenvalue weighted by atomic mass is 32.2. The van der Waals surface area contributed by atoms with Gasteiger partial charge in [0.25, 0.3) is 0 Å². The van der Waals surface area contributed by atoms with Crippen molar-refractivity contribution in [2.75, 3.05) is 25.4 Å². The highest BCUT2D eigenvalue weighted by Crippen LogP contribution is 2.50. The van der Waals surface area contributed by atoms with Crippen molar-refractivity contribution in [2.24, 2.45) is 11.8 Å². The number of nitrogens with one attached hydrogen (secondary N) is 1. The normalized spacial score (nSPS) is 40.2. The fourth-order valence-corrected chi connectivity index (χ4v) is 4.67. The van der Waals surface area contributed by atoms with Crippen molar-refractivity contribution >= 4 is 9.84 Å². The molecule has 0 aromatic carbocycles. The standard InChI is InChI=1S/C8H15NO3S/c10-2-1-9-4-8-7-3-6(7)5-13(8,11)12/h6-10H,1-5H2/t6-,7?,8+/m0/s1. The summed E-state index contributed by atoms with van der Waals surface area (Å²) in [6, 6.07) is 0. The molecular weight excluding hydrogens is 190 g/mol. The maximum absolute atomic E-state index is 11.5. The van der Waals surface area contributed by atoms with E-state index in [4.69, 9.17) is 5.11 Å². The van der Waals surface area contributed by atoms with Crippen LogP contribution in [-0.2, 0) is 9.84 Å². The van der Waals surface area contributed by atoms with E-state index in [1.54, 1.807) is 0 Å². The van der Waals surface area contributed by atoms with E-state index in [9.17, 15) is 8.42 Å². The molecule has 0 bridgehead atoms. The summed E-state index contributed by atoms with van der Waals surface area (Å²) >= 11 is 0. The molecule has 5 heteroatoms. The lowest BCUT2D eigenvalue weighted by Gasteiger charge is -2.12. The van der Waals surface area contributed by atoms with Gasteiger partial charge in [0.2, 0.25) is 0 Å². The average Bonchev–Trinajstić information content (AvgIpc) is 2.71. The molecule has 1 saturated carbocycles. The van der Waals surface area contributed by atoms with Crippen molar-refractivity contribution in [3.05, 3.63) is 0 Å². The zero-order valence-corrected chi connectivity index (χ0v) is 8.26. The van der Waals surface area contributed by atoms with E-state index in [0.717, 1.165) is 6.42 Å². The topological polar surface area (TPSA) is 66.4 Å². The third-order valence-electron chi connectivity index (χ3n) is 3.00. The van der Waals surface area contributed by atoms with Crippen LogP contribution in [-0.4, -0.2) is 44.2 Å². The van der Waals surface area contributed by atoms with Gasteiger partial charge in [-0.15, -0.1) is 0 Å². The first-order chi connectivity index (χ1) is 6.15. The molecule has 1 aliphatic carbocycles. The Morgan fingerprint density at radius 2 is 2.23 bits per heavy atom. The van der Waals surface area contributed by atoms with Crippen LogP contribution in [0, 0.1) is 11.8 Å². The quantitative estimate of drug-likeness (QED) is 0.578. The van der Waals surface area contributed by atoms with Crippen molar-refractivity contribution in [2.45, 2.75) is 11.7 Å². The van der Waals surface area contributed by atoms with Gasteiger partial charge in [-0.2, -0.15) is 0 Å². The van der Waals surface area contributed by atoms with Crippen LogP contribution in [0.3, 0.4) is 0 Å². The van der Waals surface area contributed by atoms with Crippen molar-refractivity contribution in [1.82, 2.24) is 5.32 Å². The molecule has 0 aromatic heterocycles. The lowest BCUT2D eigenvalue weighted by molar-refractivity contribution is 0.292. The van der Waals surface area contributed by atoms with Crippen LogP contribution in [0.5, 0.6) is 0 Å². The number of aliphatic hydroxyl groups excluding tert-OH is 1. The van der Waals surface area contributed by atoms with Crippen molar-refractivity contribution in [3.8, 4) is 0 Å². The Bertz CT molecular complexity index is 288. The van der Waals surface area contributed by atoms with Crippen molar-refractivity contribution < 1.29 is 13.5 Å². The summed E-state index contributed by atoms with van der Waals surface area (Å²) in [4.78, 5) is 0. The molecule has 13 heavy (non-hydrogen) atoms. The van der Waals surface area contributed by atoms with Gasteiger partial charge in [-0.1, -0.05) is 0 Å². The van der Waals surface area contributed by atoms with Gasteiger partial charge < -0.3 is 10.4 Å². The van der Waals surface area contributed by atoms with Gasteiger partial charge in [-0.25, -0.2) is 8.42 Å². The second-order valence-electron chi connectivity index (χ2n) is 3.96. The number of fused-ring (bicyclic) bond motifs is 1. The average molecular weight is 205 g/mol. The van der Waals surface area contributed by atoms with Gasteiger partial charge in [0, 0.05) is 13.1 Å². The molecule has 76 valence electrons. The number of hydrogen-bond acceptors (Lipinski definition) is 4. The number of sulfone groups is 1. The molecular formula is C8H15NO3S. The lowest BCUT2D eigenvalue weighted by Crippen LogP contribution is -2.34. The Hall–Kier alpha value is -0.130. The molecule has 1 heterocycles. The van der Waals surface area contributed by atoms with Crippen LogP contribution in [0.1, 0.15) is 6.42 Å². The van der Waals surface area contributed by atoms with Crippen LogP contribution in [0.2, 0.25) is 0 Å². The fraction of sp³-hybridized carbons (Fsp3) is 1.00. The van der Waals surface area contributed by atoms with Gasteiger partial charge >= 0.3 is 0 Å². The predicted molar refractivity (Wildman–Crippen MR) is 49.1 cm³/mol. The zero-order chi connectivity index (χ0) is 9.47. The molecule has 1 aliphatic heterocycles. The molecule has 2 aliphatic rings. The van der Waals surface area contributed by atoms with Gasteiger partial charge in [0.15, 0.2) is 9.84 Å². The first kappa shape index (κ1) is 9.43. The minimum absolute atomic E-state index is 0.0703. The van der Waals surface area contributed by atoms with E-state index in [2.05, 4.69) is 5.32 Å². The molecule has 1 unspecified atom stereocenters. The first-order valence-corrected chi connectivity index (χ1v) is 6.40. The van der Waals surface area contributed by atoms with Gasteiger partial charge in [-0.3, -0.25) is 0 Å². The summed E-state index contributed by atoms with van der Waals surface area (Å²) in [7, 11) is -2.81. The first-order valence-electron chi connectivity index (χ1n) is 4.68. The van der Waals surface area contributed by atoms with Crippen molar-refractivity contribution in [3.63, 3.8) is 0 Å². The Labute approximate surface area is 78.3 Å². The summed E-state index contributed by atoms with van der Waals surface area (Å²) in [6.07, 6.45) is 1.09. The van der Waals surface area contributed by atoms with Crippen LogP contribution >= 0.6 is 0 Å². The third-order valence-corrected chi connectivity index (χ3v) is 5.33. The largest absolute Gasteiger partial charge is 0.395 e. The molecule has 0 amide bonds. The molecule has 0 spiro atoms. The summed E-state index contributed by atoms with van der Waals surface area (Å²) in [5.41, 5.74) is 0. The molecule has 2 N–H and O–H groups in total. The van der Waals surface area contributed by atoms with Crippen LogP contribution in [0.15, 0.2) is 0 Å². The molecule has 0 radical (unpaired) electrons. The summed E-state index contributed by atoms with van der Waals surface area (Å²) in [6.45, 7) is 1.08. The van der Waals surface area contributed by atoms with Gasteiger partial charge in [0.1, 0.15) is 0 Å². The highest BCUT2D eigenvalue weighted by Gasteiger charge is 2.56. The Morgan fingerprint density at radius 1 is 1.46 bits per heavy atom. The van der Waals surface area contributed by atoms with Crippen LogP contribution in [0.25, 0.3) is 0 Å². The van der Waals surface area contributed by atoms with E-state index in [1.807, 2.05) is 0 Å². The minimum atomic E-state index is -2.81. The highest BCUT2D eigenvalue weighted by molar-refractivity contribution is 7.92. The van der Waals surface area contributed by atoms with Gasteiger partial charge in [0.05, 0.1) is 17.6 Å². The molecule has 2 fully saturated rings. The third kappa shape index (κ3) is 1.73. The SMILES string of the molecule is O=S1(=O)C[C@@H]2CC2[C@H]1CNCCO. The predicted octanol–water partition coefficient (Wildman–Crippen LogP) is -0.999. The Kier molecular flexibility index (Phi) is 2.33. The second-order valence-corrected chi connectivity index (χ2v) is 6.22. The maximum Gasteiger partial charge on any atom is 0.154 e. The van der Waals surface area contributed by atoms with E-state index < -0.39 is 9.84 Å². The molecule has 3 atom stereocenters.